The molecule has 0 radical (unpaired) electrons. The Balaban J connectivity index is 2.15. The Hall–Kier alpha value is -0.800. The molecule has 11 heavy (non-hydrogen) atoms. The first-order valence-electron chi connectivity index (χ1n) is 3.78. The normalized spacial score (nSPS) is 24.3. The Kier molecular flexibility index (Phi) is 1.68. The Morgan fingerprint density at radius 3 is 3.09 bits per heavy atom. The van der Waals surface area contributed by atoms with E-state index in [4.69, 9.17) is 9.25 Å². The first kappa shape index (κ1) is 6.88. The van der Waals surface area contributed by atoms with E-state index in [1.807, 2.05) is 13.0 Å². The van der Waals surface area contributed by atoms with Gasteiger partial charge in [-0.15, -0.1) is 0 Å². The van der Waals surface area contributed by atoms with Crippen molar-refractivity contribution in [1.29, 1.82) is 0 Å². The molecule has 0 amide bonds. The zero-order valence-corrected chi connectivity index (χ0v) is 6.46. The van der Waals surface area contributed by atoms with Crippen molar-refractivity contribution >= 4 is 0 Å². The van der Waals surface area contributed by atoms with Gasteiger partial charge in [-0.3, -0.25) is 0 Å². The Morgan fingerprint density at radius 1 is 1.64 bits per heavy atom. The molecule has 2 heterocycles. The van der Waals surface area contributed by atoms with E-state index < -0.39 is 0 Å². The number of rotatable bonds is 1. The van der Waals surface area contributed by atoms with Crippen LogP contribution in [0.1, 0.15) is 23.8 Å². The average Bonchev–Trinajstić information content (AvgIpc) is 2.55. The van der Waals surface area contributed by atoms with Crippen LogP contribution >= 0.6 is 0 Å². The summed E-state index contributed by atoms with van der Waals surface area (Å²) in [7, 11) is 0. The SMILES string of the molecule is Cc1coc([C@@H]2CCON2)c1. The van der Waals surface area contributed by atoms with E-state index in [1.54, 1.807) is 6.26 Å². The fourth-order valence-corrected chi connectivity index (χ4v) is 1.23. The van der Waals surface area contributed by atoms with Crippen molar-refractivity contribution in [2.45, 2.75) is 19.4 Å². The zero-order chi connectivity index (χ0) is 7.68. The van der Waals surface area contributed by atoms with E-state index in [1.165, 1.54) is 0 Å². The summed E-state index contributed by atoms with van der Waals surface area (Å²) in [6, 6.07) is 2.29. The standard InChI is InChI=1S/C8H11NO2/c1-6-4-8(10-5-6)7-2-3-11-9-7/h4-5,7,9H,2-3H2,1H3/t7-/m0/s1. The van der Waals surface area contributed by atoms with Gasteiger partial charge >= 0.3 is 0 Å². The van der Waals surface area contributed by atoms with Gasteiger partial charge in [0.05, 0.1) is 18.9 Å². The minimum absolute atomic E-state index is 0.253. The summed E-state index contributed by atoms with van der Waals surface area (Å²) in [4.78, 5) is 5.01. The van der Waals surface area contributed by atoms with E-state index in [-0.39, 0.29) is 6.04 Å². The lowest BCUT2D eigenvalue weighted by atomic mass is 10.2. The maximum Gasteiger partial charge on any atom is 0.123 e. The van der Waals surface area contributed by atoms with E-state index in [0.29, 0.717) is 0 Å². The van der Waals surface area contributed by atoms with Gasteiger partial charge in [-0.25, -0.2) is 0 Å². The molecule has 1 fully saturated rings. The first-order chi connectivity index (χ1) is 5.36. The van der Waals surface area contributed by atoms with Crippen LogP contribution in [0, 0.1) is 6.92 Å². The van der Waals surface area contributed by atoms with E-state index in [0.717, 1.165) is 24.4 Å². The summed E-state index contributed by atoms with van der Waals surface area (Å²) >= 11 is 0. The number of hydrogen-bond donors (Lipinski definition) is 1. The summed E-state index contributed by atoms with van der Waals surface area (Å²) in [6.07, 6.45) is 2.75. The third-order valence-electron chi connectivity index (χ3n) is 1.83. The third kappa shape index (κ3) is 1.29. The highest BCUT2D eigenvalue weighted by molar-refractivity contribution is 5.13. The molecular formula is C8H11NO2. The molecule has 2 rings (SSSR count). The fourth-order valence-electron chi connectivity index (χ4n) is 1.23. The van der Waals surface area contributed by atoms with Gasteiger partial charge in [-0.05, 0) is 25.0 Å². The van der Waals surface area contributed by atoms with Gasteiger partial charge in [-0.1, -0.05) is 0 Å². The Bertz CT molecular complexity index is 238. The third-order valence-corrected chi connectivity index (χ3v) is 1.83. The predicted octanol–water partition coefficient (Wildman–Crippen LogP) is 1.55. The van der Waals surface area contributed by atoms with Crippen molar-refractivity contribution < 1.29 is 9.25 Å². The highest BCUT2D eigenvalue weighted by Gasteiger charge is 2.19. The molecule has 1 aliphatic rings. The second kappa shape index (κ2) is 2.68. The van der Waals surface area contributed by atoms with Gasteiger partial charge in [0.1, 0.15) is 5.76 Å². The minimum atomic E-state index is 0.253. The van der Waals surface area contributed by atoms with Gasteiger partial charge in [-0.2, -0.15) is 5.48 Å². The highest BCUT2D eigenvalue weighted by atomic mass is 16.7. The lowest BCUT2D eigenvalue weighted by molar-refractivity contribution is 0.0848. The number of nitrogens with one attached hydrogen (secondary N) is 1. The van der Waals surface area contributed by atoms with Crippen LogP contribution in [0.3, 0.4) is 0 Å². The summed E-state index contributed by atoms with van der Waals surface area (Å²) in [5, 5.41) is 0. The second-order valence-electron chi connectivity index (χ2n) is 2.83. The molecule has 0 bridgehead atoms. The molecule has 1 aromatic heterocycles. The van der Waals surface area contributed by atoms with Gasteiger partial charge < -0.3 is 9.25 Å². The molecule has 0 aromatic carbocycles. The molecule has 60 valence electrons. The minimum Gasteiger partial charge on any atom is -0.467 e. The monoisotopic (exact) mass is 153 g/mol. The number of aryl methyl sites for hydroxylation is 1. The topological polar surface area (TPSA) is 34.4 Å². The molecule has 3 heteroatoms. The van der Waals surface area contributed by atoms with Crippen molar-refractivity contribution in [2.24, 2.45) is 0 Å². The lowest BCUT2D eigenvalue weighted by Crippen LogP contribution is -2.10. The van der Waals surface area contributed by atoms with Crippen LogP contribution < -0.4 is 5.48 Å². The summed E-state index contributed by atoms with van der Waals surface area (Å²) < 4.78 is 5.31. The molecule has 1 aromatic rings. The molecule has 0 saturated carbocycles. The first-order valence-corrected chi connectivity index (χ1v) is 3.78. The summed E-state index contributed by atoms with van der Waals surface area (Å²) in [5.74, 6) is 0.972. The van der Waals surface area contributed by atoms with Gasteiger partial charge in [0.15, 0.2) is 0 Å². The van der Waals surface area contributed by atoms with Crippen molar-refractivity contribution in [3.05, 3.63) is 23.7 Å². The van der Waals surface area contributed by atoms with Gasteiger partial charge in [0.25, 0.3) is 0 Å². The largest absolute Gasteiger partial charge is 0.467 e. The summed E-state index contributed by atoms with van der Waals surface area (Å²) in [6.45, 7) is 2.78. The Morgan fingerprint density at radius 2 is 2.55 bits per heavy atom. The molecule has 1 atom stereocenters. The highest BCUT2D eigenvalue weighted by Crippen LogP contribution is 2.22. The molecule has 0 aliphatic carbocycles. The lowest BCUT2D eigenvalue weighted by Gasteiger charge is -2.01. The molecular weight excluding hydrogens is 142 g/mol. The van der Waals surface area contributed by atoms with Crippen molar-refractivity contribution in [2.75, 3.05) is 6.61 Å². The van der Waals surface area contributed by atoms with Crippen LogP contribution in [-0.4, -0.2) is 6.61 Å². The number of hydrogen-bond acceptors (Lipinski definition) is 3. The van der Waals surface area contributed by atoms with Crippen LogP contribution in [0.4, 0.5) is 0 Å². The van der Waals surface area contributed by atoms with Crippen molar-refractivity contribution in [3.63, 3.8) is 0 Å². The molecule has 1 saturated heterocycles. The Labute approximate surface area is 65.3 Å². The van der Waals surface area contributed by atoms with Crippen molar-refractivity contribution in [3.8, 4) is 0 Å². The average molecular weight is 153 g/mol. The molecule has 3 nitrogen and oxygen atoms in total. The molecule has 0 unspecified atom stereocenters. The van der Waals surface area contributed by atoms with Crippen LogP contribution in [-0.2, 0) is 4.84 Å². The van der Waals surface area contributed by atoms with Crippen LogP contribution in [0.15, 0.2) is 16.7 Å². The zero-order valence-electron chi connectivity index (χ0n) is 6.46. The second-order valence-corrected chi connectivity index (χ2v) is 2.83. The molecule has 1 aliphatic heterocycles. The predicted molar refractivity (Wildman–Crippen MR) is 39.9 cm³/mol. The van der Waals surface area contributed by atoms with E-state index in [2.05, 4.69) is 5.48 Å². The van der Waals surface area contributed by atoms with Crippen LogP contribution in [0.5, 0.6) is 0 Å². The fraction of sp³-hybridized carbons (Fsp3) is 0.500. The molecule has 1 N–H and O–H groups in total. The number of furan rings is 1. The van der Waals surface area contributed by atoms with E-state index >= 15 is 0 Å². The number of hydroxylamine groups is 1. The maximum atomic E-state index is 5.31. The van der Waals surface area contributed by atoms with Gasteiger partial charge in [0.2, 0.25) is 0 Å². The van der Waals surface area contributed by atoms with Crippen molar-refractivity contribution in [1.82, 2.24) is 5.48 Å². The van der Waals surface area contributed by atoms with Gasteiger partial charge in [0, 0.05) is 0 Å². The quantitative estimate of drug-likeness (QED) is 0.664. The van der Waals surface area contributed by atoms with E-state index in [9.17, 15) is 0 Å². The maximum absolute atomic E-state index is 5.31. The van der Waals surface area contributed by atoms with Crippen LogP contribution in [0.2, 0.25) is 0 Å². The smallest absolute Gasteiger partial charge is 0.123 e. The summed E-state index contributed by atoms with van der Waals surface area (Å²) in [5.41, 5.74) is 4.05. The van der Waals surface area contributed by atoms with Crippen LogP contribution in [0.25, 0.3) is 0 Å². The molecule has 0 spiro atoms.